The fraction of sp³-hybridized carbons (Fsp3) is 0.857. The third-order valence-corrected chi connectivity index (χ3v) is 3.13. The van der Waals surface area contributed by atoms with Gasteiger partial charge in [0.05, 0.1) is 10.3 Å². The Morgan fingerprint density at radius 2 is 1.80 bits per heavy atom. The fourth-order valence-electron chi connectivity index (χ4n) is 1.32. The third-order valence-electron chi connectivity index (χ3n) is 2.01. The van der Waals surface area contributed by atoms with Gasteiger partial charge in [-0.2, -0.15) is 0 Å². The lowest BCUT2D eigenvalue weighted by Gasteiger charge is -2.32. The number of carbonyl (C=O) groups excluding carboxylic acids is 1. The number of rotatable bonds is 1. The predicted octanol–water partition coefficient (Wildman–Crippen LogP) is 0.834. The van der Waals surface area contributed by atoms with Crippen LogP contribution in [0.25, 0.3) is 0 Å². The number of carboxylic acids is 1. The molecule has 0 atom stereocenters. The Labute approximate surface area is 68.7 Å². The van der Waals surface area contributed by atoms with Crippen molar-refractivity contribution in [1.29, 1.82) is 0 Å². The van der Waals surface area contributed by atoms with Gasteiger partial charge in [0.25, 0.3) is 0 Å². The number of carbonyl (C=O) groups is 1. The molecule has 1 saturated carbocycles. The van der Waals surface area contributed by atoms with Crippen molar-refractivity contribution in [1.82, 2.24) is 0 Å². The van der Waals surface area contributed by atoms with Gasteiger partial charge in [0.15, 0.2) is 0 Å². The first-order valence-electron chi connectivity index (χ1n) is 3.55. The zero-order chi connectivity index (χ0) is 7.61. The van der Waals surface area contributed by atoms with Crippen LogP contribution in [0.3, 0.4) is 0 Å². The third kappa shape index (κ3) is 1.51. The van der Waals surface area contributed by atoms with Crippen LogP contribution in [-0.4, -0.2) is 10.3 Å². The van der Waals surface area contributed by atoms with E-state index in [2.05, 4.69) is 15.9 Å². The summed E-state index contributed by atoms with van der Waals surface area (Å²) in [6, 6.07) is 0. The zero-order valence-electron chi connectivity index (χ0n) is 5.73. The Kier molecular flexibility index (Phi) is 2.34. The SMILES string of the molecule is O=C([O-])C1(Br)CCCCC1. The molecule has 1 aliphatic carbocycles. The van der Waals surface area contributed by atoms with Crippen LogP contribution in [0.1, 0.15) is 32.1 Å². The van der Waals surface area contributed by atoms with Gasteiger partial charge in [-0.25, -0.2) is 0 Å². The second-order valence-corrected chi connectivity index (χ2v) is 4.33. The van der Waals surface area contributed by atoms with Gasteiger partial charge in [-0.1, -0.05) is 35.2 Å². The van der Waals surface area contributed by atoms with E-state index in [9.17, 15) is 9.90 Å². The minimum atomic E-state index is -0.952. The van der Waals surface area contributed by atoms with E-state index in [4.69, 9.17) is 0 Å². The van der Waals surface area contributed by atoms with Crippen molar-refractivity contribution in [2.24, 2.45) is 0 Å². The van der Waals surface area contributed by atoms with Crippen molar-refractivity contribution in [3.05, 3.63) is 0 Å². The van der Waals surface area contributed by atoms with Crippen LogP contribution >= 0.6 is 15.9 Å². The molecule has 0 aliphatic heterocycles. The second-order valence-electron chi connectivity index (χ2n) is 2.81. The van der Waals surface area contributed by atoms with Crippen molar-refractivity contribution in [2.45, 2.75) is 36.4 Å². The van der Waals surface area contributed by atoms with E-state index in [0.29, 0.717) is 0 Å². The minimum absolute atomic E-state index is 0.703. The molecular formula is C7H10BrO2-. The summed E-state index contributed by atoms with van der Waals surface area (Å²) >= 11 is 3.20. The van der Waals surface area contributed by atoms with Gasteiger partial charge in [0.1, 0.15) is 0 Å². The second kappa shape index (κ2) is 2.91. The number of aliphatic carboxylic acids is 1. The van der Waals surface area contributed by atoms with Crippen LogP contribution < -0.4 is 5.11 Å². The quantitative estimate of drug-likeness (QED) is 0.596. The molecule has 0 aromatic rings. The first-order valence-corrected chi connectivity index (χ1v) is 4.35. The maximum Gasteiger partial charge on any atom is 0.0651 e. The van der Waals surface area contributed by atoms with Gasteiger partial charge in [0.2, 0.25) is 0 Å². The highest BCUT2D eigenvalue weighted by atomic mass is 79.9. The lowest BCUT2D eigenvalue weighted by atomic mass is 9.89. The topological polar surface area (TPSA) is 40.1 Å². The van der Waals surface area contributed by atoms with Crippen molar-refractivity contribution < 1.29 is 9.90 Å². The summed E-state index contributed by atoms with van der Waals surface area (Å²) in [5.74, 6) is -0.952. The molecule has 0 spiro atoms. The summed E-state index contributed by atoms with van der Waals surface area (Å²) in [7, 11) is 0. The van der Waals surface area contributed by atoms with E-state index in [-0.39, 0.29) is 0 Å². The number of hydrogen-bond acceptors (Lipinski definition) is 2. The van der Waals surface area contributed by atoms with Gasteiger partial charge >= 0.3 is 0 Å². The van der Waals surface area contributed by atoms with E-state index in [0.717, 1.165) is 32.1 Å². The highest BCUT2D eigenvalue weighted by Gasteiger charge is 2.29. The molecule has 0 aromatic heterocycles. The average Bonchev–Trinajstić information content (AvgIpc) is 1.89. The van der Waals surface area contributed by atoms with Gasteiger partial charge in [-0.05, 0) is 12.8 Å². The van der Waals surface area contributed by atoms with E-state index in [1.54, 1.807) is 0 Å². The largest absolute Gasteiger partial charge is 0.549 e. The van der Waals surface area contributed by atoms with Crippen LogP contribution in [0.15, 0.2) is 0 Å². The standard InChI is InChI=1S/C7H11BrO2/c8-7(6(9)10)4-2-1-3-5-7/h1-5H2,(H,9,10)/p-1. The number of carboxylic acid groups (broad SMARTS) is 1. The maximum absolute atomic E-state index is 10.5. The van der Waals surface area contributed by atoms with Crippen LogP contribution in [0, 0.1) is 0 Å². The first kappa shape index (κ1) is 8.05. The van der Waals surface area contributed by atoms with Crippen molar-refractivity contribution >= 4 is 21.9 Å². The molecule has 0 bridgehead atoms. The molecule has 0 unspecified atom stereocenters. The monoisotopic (exact) mass is 205 g/mol. The molecule has 1 rings (SSSR count). The molecule has 2 nitrogen and oxygen atoms in total. The van der Waals surface area contributed by atoms with Gasteiger partial charge in [-0.3, -0.25) is 0 Å². The molecule has 0 heterocycles. The van der Waals surface area contributed by atoms with Crippen LogP contribution in [0.4, 0.5) is 0 Å². The molecule has 0 amide bonds. The summed E-state index contributed by atoms with van der Waals surface area (Å²) in [5, 5.41) is 10.5. The fourth-order valence-corrected chi connectivity index (χ4v) is 1.88. The maximum atomic E-state index is 10.5. The number of halogens is 1. The van der Waals surface area contributed by atoms with E-state index < -0.39 is 10.3 Å². The highest BCUT2D eigenvalue weighted by molar-refractivity contribution is 9.10. The first-order chi connectivity index (χ1) is 4.65. The van der Waals surface area contributed by atoms with E-state index in [1.807, 2.05) is 0 Å². The number of hydrogen-bond donors (Lipinski definition) is 0. The Morgan fingerprint density at radius 1 is 1.30 bits per heavy atom. The smallest absolute Gasteiger partial charge is 0.0651 e. The molecule has 0 aromatic carbocycles. The minimum Gasteiger partial charge on any atom is -0.549 e. The van der Waals surface area contributed by atoms with Gasteiger partial charge in [0, 0.05) is 0 Å². The summed E-state index contributed by atoms with van der Waals surface area (Å²) in [5.41, 5.74) is 0. The molecule has 0 saturated heterocycles. The van der Waals surface area contributed by atoms with Crippen LogP contribution in [0.2, 0.25) is 0 Å². The molecule has 10 heavy (non-hydrogen) atoms. The Morgan fingerprint density at radius 3 is 2.10 bits per heavy atom. The molecule has 58 valence electrons. The molecule has 1 aliphatic rings. The molecule has 1 fully saturated rings. The summed E-state index contributed by atoms with van der Waals surface area (Å²) in [6.07, 6.45) is 4.59. The summed E-state index contributed by atoms with van der Waals surface area (Å²) in [6.45, 7) is 0. The van der Waals surface area contributed by atoms with Crippen molar-refractivity contribution in [3.63, 3.8) is 0 Å². The lowest BCUT2D eigenvalue weighted by Crippen LogP contribution is -2.44. The van der Waals surface area contributed by atoms with Crippen LogP contribution in [-0.2, 0) is 4.79 Å². The molecule has 0 N–H and O–H groups in total. The summed E-state index contributed by atoms with van der Waals surface area (Å²) < 4.78 is -0.703. The van der Waals surface area contributed by atoms with Crippen molar-refractivity contribution in [2.75, 3.05) is 0 Å². The average molecular weight is 206 g/mol. The zero-order valence-corrected chi connectivity index (χ0v) is 7.32. The highest BCUT2D eigenvalue weighted by Crippen LogP contribution is 2.35. The normalized spacial score (nSPS) is 24.1. The summed E-state index contributed by atoms with van der Waals surface area (Å²) in [4.78, 5) is 10.5. The Hall–Kier alpha value is -0.0500. The lowest BCUT2D eigenvalue weighted by molar-refractivity contribution is -0.309. The van der Waals surface area contributed by atoms with Crippen molar-refractivity contribution in [3.8, 4) is 0 Å². The van der Waals surface area contributed by atoms with Gasteiger partial charge in [-0.15, -0.1) is 0 Å². The Balaban J connectivity index is 2.56. The Bertz CT molecular complexity index is 139. The van der Waals surface area contributed by atoms with Crippen LogP contribution in [0.5, 0.6) is 0 Å². The number of alkyl halides is 1. The predicted molar refractivity (Wildman–Crippen MR) is 39.8 cm³/mol. The molecule has 0 radical (unpaired) electrons. The van der Waals surface area contributed by atoms with E-state index >= 15 is 0 Å². The van der Waals surface area contributed by atoms with Gasteiger partial charge < -0.3 is 9.90 Å². The molecule has 3 heteroatoms. The molecular weight excluding hydrogens is 196 g/mol. The van der Waals surface area contributed by atoms with E-state index in [1.165, 1.54) is 0 Å².